The Labute approximate surface area is 147 Å². The van der Waals surface area contributed by atoms with Crippen LogP contribution in [0.3, 0.4) is 0 Å². The summed E-state index contributed by atoms with van der Waals surface area (Å²) >= 11 is 0. The molecule has 4 rings (SSSR count). The number of rotatable bonds is 3. The van der Waals surface area contributed by atoms with Gasteiger partial charge in [0, 0.05) is 59.3 Å². The van der Waals surface area contributed by atoms with Gasteiger partial charge in [0.25, 0.3) is 0 Å². The third-order valence-corrected chi connectivity index (χ3v) is 5.55. The first-order chi connectivity index (χ1) is 12.0. The average molecular weight is 347 g/mol. The predicted molar refractivity (Wildman–Crippen MR) is 90.9 cm³/mol. The Morgan fingerprint density at radius 1 is 1.12 bits per heavy atom. The molecule has 25 heavy (non-hydrogen) atoms. The second-order valence-electron chi connectivity index (χ2n) is 7.38. The largest absolute Gasteiger partial charge is 0.339 e. The highest BCUT2D eigenvalue weighted by Crippen LogP contribution is 2.26. The van der Waals surface area contributed by atoms with Crippen molar-refractivity contribution in [3.8, 4) is 0 Å². The van der Waals surface area contributed by atoms with Gasteiger partial charge in [-0.25, -0.2) is 0 Å². The molecule has 0 aromatic carbocycles. The molecule has 3 fully saturated rings. The van der Waals surface area contributed by atoms with Crippen LogP contribution in [0.15, 0.2) is 6.33 Å². The molecule has 1 aromatic rings. The van der Waals surface area contributed by atoms with Crippen molar-refractivity contribution in [2.45, 2.75) is 12.5 Å². The second kappa shape index (κ2) is 6.29. The van der Waals surface area contributed by atoms with E-state index in [-0.39, 0.29) is 17.7 Å². The van der Waals surface area contributed by atoms with Gasteiger partial charge in [-0.05, 0) is 7.05 Å². The van der Waals surface area contributed by atoms with Gasteiger partial charge in [0.1, 0.15) is 6.33 Å². The number of amides is 2. The molecule has 1 atom stereocenters. The fourth-order valence-electron chi connectivity index (χ4n) is 4.06. The fraction of sp³-hybridized carbons (Fsp3) is 0.750. The van der Waals surface area contributed by atoms with Crippen LogP contribution in [0.1, 0.15) is 6.42 Å². The molecule has 0 bridgehead atoms. The van der Waals surface area contributed by atoms with E-state index in [9.17, 15) is 9.59 Å². The summed E-state index contributed by atoms with van der Waals surface area (Å²) in [6, 6.07) is 0.295. The first-order valence-corrected chi connectivity index (χ1v) is 8.88. The first-order valence-electron chi connectivity index (χ1n) is 8.88. The molecule has 3 aliphatic heterocycles. The molecule has 4 heterocycles. The number of aromatic nitrogens is 3. The molecule has 136 valence electrons. The van der Waals surface area contributed by atoms with Gasteiger partial charge in [0.05, 0.1) is 12.0 Å². The average Bonchev–Trinajstić information content (AvgIpc) is 3.17. The molecule has 3 saturated heterocycles. The number of carbonyl (C=O) groups excluding carboxylic acids is 2. The molecular formula is C16H25N7O2. The van der Waals surface area contributed by atoms with Gasteiger partial charge in [0.15, 0.2) is 0 Å². The van der Waals surface area contributed by atoms with Crippen LogP contribution in [-0.4, -0.2) is 100 Å². The van der Waals surface area contributed by atoms with Crippen molar-refractivity contribution in [1.29, 1.82) is 0 Å². The van der Waals surface area contributed by atoms with Crippen LogP contribution in [0.4, 0.5) is 5.95 Å². The smallest absolute Gasteiger partial charge is 0.228 e. The molecule has 1 unspecified atom stereocenters. The van der Waals surface area contributed by atoms with Crippen LogP contribution in [0, 0.1) is 5.92 Å². The molecule has 9 heteroatoms. The van der Waals surface area contributed by atoms with E-state index < -0.39 is 0 Å². The minimum Gasteiger partial charge on any atom is -0.339 e. The minimum atomic E-state index is -0.181. The monoisotopic (exact) mass is 347 g/mol. The van der Waals surface area contributed by atoms with Crippen LogP contribution >= 0.6 is 0 Å². The lowest BCUT2D eigenvalue weighted by atomic mass is 10.1. The zero-order valence-corrected chi connectivity index (χ0v) is 14.8. The number of hydrogen-bond donors (Lipinski definition) is 0. The maximum absolute atomic E-state index is 12.8. The first kappa shape index (κ1) is 16.3. The molecule has 2 amide bonds. The Hall–Kier alpha value is -2.16. The van der Waals surface area contributed by atoms with Gasteiger partial charge < -0.3 is 24.2 Å². The highest BCUT2D eigenvalue weighted by Gasteiger charge is 2.42. The van der Waals surface area contributed by atoms with Crippen LogP contribution in [0.5, 0.6) is 0 Å². The predicted octanol–water partition coefficient (Wildman–Crippen LogP) is -1.37. The number of likely N-dealkylation sites (N-methyl/N-ethyl adjacent to an activating group) is 1. The molecule has 0 radical (unpaired) electrons. The molecule has 0 N–H and O–H groups in total. The van der Waals surface area contributed by atoms with Gasteiger partial charge in [-0.3, -0.25) is 9.59 Å². The van der Waals surface area contributed by atoms with Gasteiger partial charge >= 0.3 is 0 Å². The number of carbonyl (C=O) groups is 2. The fourth-order valence-corrected chi connectivity index (χ4v) is 4.06. The highest BCUT2D eigenvalue weighted by molar-refractivity contribution is 5.89. The van der Waals surface area contributed by atoms with Gasteiger partial charge in [-0.1, -0.05) is 0 Å². The van der Waals surface area contributed by atoms with Crippen molar-refractivity contribution in [3.63, 3.8) is 0 Å². The van der Waals surface area contributed by atoms with E-state index in [4.69, 9.17) is 0 Å². The van der Waals surface area contributed by atoms with Crippen molar-refractivity contribution in [2.24, 2.45) is 13.0 Å². The molecule has 9 nitrogen and oxygen atoms in total. The number of piperazine rings is 1. The summed E-state index contributed by atoms with van der Waals surface area (Å²) in [4.78, 5) is 33.3. The van der Waals surface area contributed by atoms with E-state index >= 15 is 0 Å². The third-order valence-electron chi connectivity index (χ3n) is 5.55. The lowest BCUT2D eigenvalue weighted by Gasteiger charge is -2.42. The zero-order valence-electron chi connectivity index (χ0n) is 14.8. The molecule has 0 spiro atoms. The van der Waals surface area contributed by atoms with Gasteiger partial charge in [0.2, 0.25) is 17.8 Å². The van der Waals surface area contributed by atoms with Crippen molar-refractivity contribution < 1.29 is 9.59 Å². The zero-order chi connectivity index (χ0) is 17.6. The number of nitrogens with zero attached hydrogens (tertiary/aromatic N) is 7. The minimum absolute atomic E-state index is 0.126. The Bertz CT molecular complexity index is 661. The maximum atomic E-state index is 12.8. The molecule has 0 saturated carbocycles. The molecule has 3 aliphatic rings. The summed E-state index contributed by atoms with van der Waals surface area (Å²) in [6.45, 7) is 5.25. The Morgan fingerprint density at radius 2 is 1.84 bits per heavy atom. The van der Waals surface area contributed by atoms with E-state index in [2.05, 4.69) is 27.0 Å². The molecule has 0 aliphatic carbocycles. The Balaban J connectivity index is 1.32. The summed E-state index contributed by atoms with van der Waals surface area (Å²) in [5.41, 5.74) is 0. The topological polar surface area (TPSA) is 77.8 Å². The van der Waals surface area contributed by atoms with E-state index in [1.54, 1.807) is 6.33 Å². The number of hydrogen-bond acceptors (Lipinski definition) is 6. The summed E-state index contributed by atoms with van der Waals surface area (Å²) in [5.74, 6) is 0.915. The lowest BCUT2D eigenvalue weighted by Crippen LogP contribution is -2.58. The standard InChI is InChI=1S/C16H25N7O2/c1-19-9-13(10-19)23-8-12(7-14(23)24)15(25)21-3-5-22(6-4-21)16-18-17-11-20(16)2/h11-13H,3-10H2,1-2H3. The highest BCUT2D eigenvalue weighted by atomic mass is 16.2. The summed E-state index contributed by atoms with van der Waals surface area (Å²) < 4.78 is 1.89. The van der Waals surface area contributed by atoms with Crippen molar-refractivity contribution in [1.82, 2.24) is 29.5 Å². The maximum Gasteiger partial charge on any atom is 0.228 e. The number of likely N-dealkylation sites (tertiary alicyclic amines) is 2. The quantitative estimate of drug-likeness (QED) is 0.671. The normalized spacial score (nSPS) is 25.6. The summed E-state index contributed by atoms with van der Waals surface area (Å²) in [7, 11) is 3.97. The van der Waals surface area contributed by atoms with E-state index in [1.807, 2.05) is 21.4 Å². The Kier molecular flexibility index (Phi) is 4.10. The third kappa shape index (κ3) is 2.97. The number of anilines is 1. The van der Waals surface area contributed by atoms with Crippen LogP contribution in [0.25, 0.3) is 0 Å². The molecule has 1 aromatic heterocycles. The lowest BCUT2D eigenvalue weighted by molar-refractivity contribution is -0.136. The Morgan fingerprint density at radius 3 is 2.44 bits per heavy atom. The molecular weight excluding hydrogens is 322 g/mol. The number of aryl methyl sites for hydroxylation is 1. The second-order valence-corrected chi connectivity index (χ2v) is 7.38. The van der Waals surface area contributed by atoms with Crippen molar-refractivity contribution >= 4 is 17.8 Å². The van der Waals surface area contributed by atoms with Crippen molar-refractivity contribution in [3.05, 3.63) is 6.33 Å². The van der Waals surface area contributed by atoms with Gasteiger partial charge in [-0.15, -0.1) is 10.2 Å². The van der Waals surface area contributed by atoms with Gasteiger partial charge in [-0.2, -0.15) is 0 Å². The van der Waals surface area contributed by atoms with E-state index in [0.717, 1.165) is 32.1 Å². The van der Waals surface area contributed by atoms with E-state index in [0.29, 0.717) is 32.1 Å². The van der Waals surface area contributed by atoms with Crippen molar-refractivity contribution in [2.75, 3.05) is 57.8 Å². The van der Waals surface area contributed by atoms with E-state index in [1.165, 1.54) is 0 Å². The summed E-state index contributed by atoms with van der Waals surface area (Å²) in [6.07, 6.45) is 2.05. The van der Waals surface area contributed by atoms with Crippen LogP contribution < -0.4 is 4.90 Å². The SMILES string of the molecule is CN1CC(N2CC(C(=O)N3CCN(c4nncn4C)CC3)CC2=O)C1. The van der Waals surface area contributed by atoms with Crippen LogP contribution in [-0.2, 0) is 16.6 Å². The van der Waals surface area contributed by atoms with Crippen LogP contribution in [0.2, 0.25) is 0 Å². The summed E-state index contributed by atoms with van der Waals surface area (Å²) in [5, 5.41) is 8.04.